The van der Waals surface area contributed by atoms with Crippen molar-refractivity contribution in [2.45, 2.75) is 6.92 Å². The van der Waals surface area contributed by atoms with E-state index in [1.807, 2.05) is 0 Å². The minimum absolute atomic E-state index is 0.0433. The molecule has 0 unspecified atom stereocenters. The number of H-pyrrole nitrogens is 1. The number of hydrogen-bond acceptors (Lipinski definition) is 6. The number of aliphatic imine (C=N–C) groups is 1. The van der Waals surface area contributed by atoms with E-state index in [0.29, 0.717) is 11.2 Å². The van der Waals surface area contributed by atoms with Crippen molar-refractivity contribution in [3.8, 4) is 5.75 Å². The van der Waals surface area contributed by atoms with Crippen LogP contribution in [0.4, 0.5) is 5.82 Å². The second-order valence-corrected chi connectivity index (χ2v) is 4.62. The average molecular weight is 317 g/mol. The first-order valence-corrected chi connectivity index (χ1v) is 6.42. The molecule has 0 atom stereocenters. The van der Waals surface area contributed by atoms with Crippen molar-refractivity contribution >= 4 is 34.8 Å². The van der Waals surface area contributed by atoms with Gasteiger partial charge in [-0.25, -0.2) is 25.6 Å². The highest BCUT2D eigenvalue weighted by atomic mass is 16.5. The zero-order valence-electron chi connectivity index (χ0n) is 12.5. The van der Waals surface area contributed by atoms with Crippen molar-refractivity contribution in [2.24, 2.45) is 10.8 Å². The van der Waals surface area contributed by atoms with Gasteiger partial charge in [-0.05, 0) is 6.92 Å². The number of anilines is 1. The molecular weight excluding hydrogens is 302 g/mol. The number of aromatic amines is 1. The molecule has 2 heterocycles. The molecule has 0 radical (unpaired) electrons. The number of methoxy groups -OCH3 is 1. The molecule has 4 N–H and O–H groups in total. The number of rotatable bonds is 6. The van der Waals surface area contributed by atoms with Gasteiger partial charge in [-0.15, -0.1) is 0 Å². The summed E-state index contributed by atoms with van der Waals surface area (Å²) >= 11 is 0. The molecule has 9 heteroatoms. The van der Waals surface area contributed by atoms with E-state index in [1.54, 1.807) is 6.92 Å². The Hall–Kier alpha value is -3.20. The van der Waals surface area contributed by atoms with Gasteiger partial charge in [-0.1, -0.05) is 6.58 Å². The Balaban J connectivity index is 2.64. The van der Waals surface area contributed by atoms with E-state index < -0.39 is 11.8 Å². The van der Waals surface area contributed by atoms with Crippen LogP contribution in [0, 0.1) is 0 Å². The number of hydrogen-bond donors (Lipinski definition) is 3. The number of fused-ring (bicyclic) bond motifs is 1. The maximum absolute atomic E-state index is 11.8. The van der Waals surface area contributed by atoms with Crippen molar-refractivity contribution < 1.29 is 19.4 Å². The number of nitrogens with two attached hydrogens (primary N) is 1. The minimum Gasteiger partial charge on any atom is -0.494 e. The summed E-state index contributed by atoms with van der Waals surface area (Å²) in [6.45, 7) is 5.31. The molecule has 2 aromatic rings. The molecule has 23 heavy (non-hydrogen) atoms. The number of nitrogens with one attached hydrogen (secondary N) is 1. The Morgan fingerprint density at radius 3 is 2.83 bits per heavy atom. The summed E-state index contributed by atoms with van der Waals surface area (Å²) in [6.07, 6.45) is 3.92. The third-order valence-corrected chi connectivity index (χ3v) is 2.96. The highest BCUT2D eigenvalue weighted by Gasteiger charge is 2.24. The Labute approximate surface area is 131 Å². The summed E-state index contributed by atoms with van der Waals surface area (Å²) in [5, 5.41) is 10.3. The number of ketones is 1. The van der Waals surface area contributed by atoms with Gasteiger partial charge in [0.05, 0.1) is 29.8 Å². The summed E-state index contributed by atoms with van der Waals surface area (Å²) in [5.74, 6) is 3.73. The summed E-state index contributed by atoms with van der Waals surface area (Å²) in [6, 6.07) is 0. The van der Waals surface area contributed by atoms with Gasteiger partial charge in [0.2, 0.25) is 0 Å². The third-order valence-electron chi connectivity index (χ3n) is 2.96. The summed E-state index contributed by atoms with van der Waals surface area (Å²) in [4.78, 5) is 33.7. The van der Waals surface area contributed by atoms with Crippen LogP contribution in [0.5, 0.6) is 5.75 Å². The van der Waals surface area contributed by atoms with E-state index in [1.165, 1.54) is 25.8 Å². The lowest BCUT2D eigenvalue weighted by molar-refractivity contribution is -0.131. The number of carboxylic acid groups (broad SMARTS) is 1. The van der Waals surface area contributed by atoms with Crippen LogP contribution in [-0.2, 0) is 4.79 Å². The maximum atomic E-state index is 11.8. The average Bonchev–Trinajstić information content (AvgIpc) is 2.95. The van der Waals surface area contributed by atoms with E-state index in [0.717, 1.165) is 5.01 Å². The molecule has 9 nitrogen and oxygen atoms in total. The lowest BCUT2D eigenvalue weighted by Crippen LogP contribution is -2.30. The predicted octanol–water partition coefficient (Wildman–Crippen LogP) is 1.08. The van der Waals surface area contributed by atoms with Crippen LogP contribution < -0.4 is 15.6 Å². The van der Waals surface area contributed by atoms with Gasteiger partial charge in [0.1, 0.15) is 12.1 Å². The van der Waals surface area contributed by atoms with E-state index in [4.69, 9.17) is 15.7 Å². The summed E-state index contributed by atoms with van der Waals surface area (Å²) < 4.78 is 5.15. The van der Waals surface area contributed by atoms with Crippen LogP contribution >= 0.6 is 0 Å². The summed E-state index contributed by atoms with van der Waals surface area (Å²) in [5.41, 5.74) is 0.848. The van der Waals surface area contributed by atoms with Gasteiger partial charge in [-0.2, -0.15) is 0 Å². The van der Waals surface area contributed by atoms with Crippen LogP contribution in [0.15, 0.2) is 29.7 Å². The molecule has 0 saturated carbocycles. The molecule has 0 aliphatic rings. The molecule has 2 aromatic heterocycles. The fraction of sp³-hybridized carbons (Fsp3) is 0.143. The molecule has 0 spiro atoms. The standard InChI is InChI=1S/C14H15N5O4/c1-7(2)18-6-19(15)13-11-10(9(23-3)5-17-13)8(4-16-11)12(20)14(21)22/h4-6,16H,1,15H2,2-3H3,(H,21,22). The van der Waals surface area contributed by atoms with Crippen molar-refractivity contribution in [3.63, 3.8) is 0 Å². The number of carbonyl (C=O) groups is 2. The highest BCUT2D eigenvalue weighted by molar-refractivity contribution is 6.42. The number of Topliss-reactive ketones (excluding diaryl/α,β-unsaturated/α-hetero) is 1. The van der Waals surface area contributed by atoms with Crippen LogP contribution in [0.25, 0.3) is 10.9 Å². The number of pyridine rings is 1. The largest absolute Gasteiger partial charge is 0.494 e. The van der Waals surface area contributed by atoms with Crippen molar-refractivity contribution in [1.29, 1.82) is 0 Å². The second-order valence-electron chi connectivity index (χ2n) is 4.62. The topological polar surface area (TPSA) is 134 Å². The quantitative estimate of drug-likeness (QED) is 0.181. The molecule has 0 amide bonds. The normalized spacial score (nSPS) is 10.9. The maximum Gasteiger partial charge on any atom is 0.377 e. The van der Waals surface area contributed by atoms with E-state index in [9.17, 15) is 9.59 Å². The Morgan fingerprint density at radius 2 is 2.26 bits per heavy atom. The number of aromatic nitrogens is 2. The Bertz CT molecular complexity index is 824. The number of allylic oxidation sites excluding steroid dienone is 1. The lowest BCUT2D eigenvalue weighted by Gasteiger charge is -2.14. The molecule has 120 valence electrons. The lowest BCUT2D eigenvalue weighted by atomic mass is 10.1. The third kappa shape index (κ3) is 3.04. The number of nitrogens with zero attached hydrogens (tertiary/aromatic N) is 3. The predicted molar refractivity (Wildman–Crippen MR) is 84.6 cm³/mol. The number of hydrazine groups is 1. The van der Waals surface area contributed by atoms with E-state index in [-0.39, 0.29) is 22.5 Å². The Kier molecular flexibility index (Phi) is 4.42. The monoisotopic (exact) mass is 317 g/mol. The van der Waals surface area contributed by atoms with E-state index >= 15 is 0 Å². The zero-order valence-corrected chi connectivity index (χ0v) is 12.5. The summed E-state index contributed by atoms with van der Waals surface area (Å²) in [7, 11) is 1.39. The first kappa shape index (κ1) is 16.2. The van der Waals surface area contributed by atoms with Crippen molar-refractivity contribution in [3.05, 3.63) is 30.2 Å². The van der Waals surface area contributed by atoms with Gasteiger partial charge < -0.3 is 14.8 Å². The van der Waals surface area contributed by atoms with Gasteiger partial charge in [-0.3, -0.25) is 4.79 Å². The molecular formula is C14H15N5O4. The zero-order chi connectivity index (χ0) is 17.1. The molecule has 0 saturated heterocycles. The van der Waals surface area contributed by atoms with Gasteiger partial charge in [0.25, 0.3) is 5.78 Å². The SMILES string of the molecule is C=C(C)N=CN(N)c1ncc(OC)c2c(C(=O)C(=O)O)c[nH]c12. The smallest absolute Gasteiger partial charge is 0.377 e. The number of carboxylic acids is 1. The Morgan fingerprint density at radius 1 is 1.57 bits per heavy atom. The second kappa shape index (κ2) is 6.28. The van der Waals surface area contributed by atoms with Crippen molar-refractivity contribution in [1.82, 2.24) is 9.97 Å². The van der Waals surface area contributed by atoms with Gasteiger partial charge in [0.15, 0.2) is 5.82 Å². The number of aliphatic carboxylic acids is 1. The van der Waals surface area contributed by atoms with Crippen LogP contribution in [0.1, 0.15) is 17.3 Å². The fourth-order valence-corrected chi connectivity index (χ4v) is 1.96. The van der Waals surface area contributed by atoms with Crippen LogP contribution in [-0.4, -0.2) is 40.3 Å². The minimum atomic E-state index is -1.57. The van der Waals surface area contributed by atoms with Crippen molar-refractivity contribution in [2.75, 3.05) is 12.1 Å². The first-order valence-electron chi connectivity index (χ1n) is 6.42. The van der Waals surface area contributed by atoms with Crippen LogP contribution in [0.2, 0.25) is 0 Å². The number of ether oxygens (including phenoxy) is 1. The molecule has 0 aliphatic carbocycles. The van der Waals surface area contributed by atoms with Gasteiger partial charge in [0, 0.05) is 11.9 Å². The molecule has 0 bridgehead atoms. The van der Waals surface area contributed by atoms with Crippen LogP contribution in [0.3, 0.4) is 0 Å². The molecule has 0 fully saturated rings. The van der Waals surface area contributed by atoms with E-state index in [2.05, 4.69) is 21.5 Å². The molecule has 2 rings (SSSR count). The molecule has 0 aromatic carbocycles. The molecule has 0 aliphatic heterocycles. The first-order chi connectivity index (χ1) is 10.9. The highest BCUT2D eigenvalue weighted by Crippen LogP contribution is 2.33. The number of carbonyl (C=O) groups excluding carboxylic acids is 1. The fourth-order valence-electron chi connectivity index (χ4n) is 1.96. The van der Waals surface area contributed by atoms with Gasteiger partial charge >= 0.3 is 5.97 Å².